The number of anilines is 1. The maximum Gasteiger partial charge on any atom is 0.225 e. The number of benzene rings is 1. The first-order valence-electron chi connectivity index (χ1n) is 16.5. The number of aryl methyl sites for hydroxylation is 1. The van der Waals surface area contributed by atoms with Crippen molar-refractivity contribution in [3.63, 3.8) is 0 Å². The van der Waals surface area contributed by atoms with Crippen molar-refractivity contribution in [2.45, 2.75) is 56.5 Å². The highest BCUT2D eigenvalue weighted by atomic mass is 16.5. The van der Waals surface area contributed by atoms with E-state index >= 15 is 0 Å². The molecule has 2 saturated heterocycles. The van der Waals surface area contributed by atoms with Crippen LogP contribution >= 0.6 is 0 Å². The largest absolute Gasteiger partial charge is 0.383 e. The van der Waals surface area contributed by atoms with Gasteiger partial charge in [0.15, 0.2) is 17.3 Å². The second-order valence-electron chi connectivity index (χ2n) is 13.2. The molecule has 0 radical (unpaired) electrons. The first-order chi connectivity index (χ1) is 22.6. The van der Waals surface area contributed by atoms with Crippen LogP contribution in [0.4, 0.5) is 5.82 Å². The number of fused-ring (bicyclic) bond motifs is 2. The Balaban J connectivity index is 1.04. The number of carbonyl (C=O) groups is 1. The summed E-state index contributed by atoms with van der Waals surface area (Å²) < 4.78 is 9.30. The molecule has 2 aliphatic carbocycles. The SMILES string of the molecule is Nc1ncccc1-c1nc2ccc(-n3ccc(C4COC4)n3)nc2n1-c1ccc2c(c1)CC[C@@H]2NC1CCN(C(=O)C2CC2)CC1. The van der Waals surface area contributed by atoms with Crippen LogP contribution in [0.3, 0.4) is 0 Å². The lowest BCUT2D eigenvalue weighted by atomic mass is 10.0. The van der Waals surface area contributed by atoms with E-state index in [1.54, 1.807) is 6.20 Å². The summed E-state index contributed by atoms with van der Waals surface area (Å²) in [6.07, 6.45) is 9.88. The summed E-state index contributed by atoms with van der Waals surface area (Å²) in [5.41, 5.74) is 13.4. The number of nitrogens with zero attached hydrogens (tertiary/aromatic N) is 7. The third-order valence-corrected chi connectivity index (χ3v) is 10.1. The molecule has 4 aliphatic rings. The van der Waals surface area contributed by atoms with Gasteiger partial charge in [-0.15, -0.1) is 0 Å². The number of imidazole rings is 1. The van der Waals surface area contributed by atoms with Gasteiger partial charge in [0.2, 0.25) is 5.91 Å². The smallest absolute Gasteiger partial charge is 0.225 e. The number of nitrogen functional groups attached to an aromatic ring is 1. The van der Waals surface area contributed by atoms with Crippen LogP contribution in [0.15, 0.2) is 60.9 Å². The number of amides is 1. The second kappa shape index (κ2) is 11.0. The van der Waals surface area contributed by atoms with Crippen molar-refractivity contribution in [2.75, 3.05) is 32.0 Å². The highest BCUT2D eigenvalue weighted by Crippen LogP contribution is 2.37. The first kappa shape index (κ1) is 27.7. The fourth-order valence-electron chi connectivity index (χ4n) is 7.25. The quantitative estimate of drug-likeness (QED) is 0.277. The van der Waals surface area contributed by atoms with Crippen LogP contribution in [0.25, 0.3) is 34.1 Å². The molecule has 11 heteroatoms. The molecule has 6 heterocycles. The molecular weight excluding hydrogens is 578 g/mol. The van der Waals surface area contributed by atoms with Gasteiger partial charge in [-0.25, -0.2) is 19.6 Å². The van der Waals surface area contributed by atoms with E-state index in [9.17, 15) is 4.79 Å². The van der Waals surface area contributed by atoms with Gasteiger partial charge in [-0.05, 0) is 92.1 Å². The molecule has 1 atom stereocenters. The molecule has 1 aromatic carbocycles. The summed E-state index contributed by atoms with van der Waals surface area (Å²) in [5.74, 6) is 2.87. The van der Waals surface area contributed by atoms with Crippen LogP contribution < -0.4 is 11.1 Å². The topological polar surface area (TPSA) is 129 Å². The molecule has 1 saturated carbocycles. The highest BCUT2D eigenvalue weighted by molar-refractivity contribution is 5.83. The number of hydrogen-bond acceptors (Lipinski definition) is 8. The fraction of sp³-hybridized carbons (Fsp3) is 0.400. The molecule has 234 valence electrons. The van der Waals surface area contributed by atoms with Gasteiger partial charge in [-0.1, -0.05) is 6.07 Å². The third-order valence-electron chi connectivity index (χ3n) is 10.1. The van der Waals surface area contributed by atoms with E-state index in [0.717, 1.165) is 85.5 Å². The predicted octanol–water partition coefficient (Wildman–Crippen LogP) is 4.34. The van der Waals surface area contributed by atoms with Crippen LogP contribution in [0.5, 0.6) is 0 Å². The van der Waals surface area contributed by atoms with Crippen molar-refractivity contribution in [2.24, 2.45) is 5.92 Å². The highest BCUT2D eigenvalue weighted by Gasteiger charge is 2.35. The molecule has 9 rings (SSSR count). The Kier molecular flexibility index (Phi) is 6.63. The van der Waals surface area contributed by atoms with Crippen LogP contribution in [-0.4, -0.2) is 72.5 Å². The molecule has 0 bridgehead atoms. The van der Waals surface area contributed by atoms with Crippen LogP contribution in [0.2, 0.25) is 0 Å². The van der Waals surface area contributed by atoms with Gasteiger partial charge in [0, 0.05) is 55.1 Å². The molecule has 0 spiro atoms. The lowest BCUT2D eigenvalue weighted by Crippen LogP contribution is -2.46. The zero-order chi connectivity index (χ0) is 30.8. The van der Waals surface area contributed by atoms with Crippen molar-refractivity contribution >= 4 is 22.9 Å². The van der Waals surface area contributed by atoms with Crippen molar-refractivity contribution in [3.8, 4) is 22.9 Å². The van der Waals surface area contributed by atoms with E-state index in [-0.39, 0.29) is 0 Å². The van der Waals surface area contributed by atoms with Gasteiger partial charge in [-0.3, -0.25) is 9.36 Å². The summed E-state index contributed by atoms with van der Waals surface area (Å²) in [6.45, 7) is 3.15. The minimum absolute atomic E-state index is 0.302. The van der Waals surface area contributed by atoms with Gasteiger partial charge in [0.05, 0.1) is 24.5 Å². The number of pyridine rings is 2. The summed E-state index contributed by atoms with van der Waals surface area (Å²) in [7, 11) is 0. The molecule has 46 heavy (non-hydrogen) atoms. The Morgan fingerprint density at radius 2 is 1.85 bits per heavy atom. The number of piperidine rings is 1. The van der Waals surface area contributed by atoms with Crippen LogP contribution in [0, 0.1) is 5.92 Å². The van der Waals surface area contributed by atoms with Crippen molar-refractivity contribution in [1.82, 2.24) is 39.5 Å². The lowest BCUT2D eigenvalue weighted by molar-refractivity contribution is -0.133. The molecule has 3 fully saturated rings. The number of aromatic nitrogens is 6. The summed E-state index contributed by atoms with van der Waals surface area (Å²) in [4.78, 5) is 29.1. The van der Waals surface area contributed by atoms with Crippen molar-refractivity contribution in [1.29, 1.82) is 0 Å². The predicted molar refractivity (Wildman–Crippen MR) is 174 cm³/mol. The maximum atomic E-state index is 12.5. The first-order valence-corrected chi connectivity index (χ1v) is 16.5. The number of nitrogens with one attached hydrogen (secondary N) is 1. The zero-order valence-corrected chi connectivity index (χ0v) is 25.7. The Morgan fingerprint density at radius 3 is 2.63 bits per heavy atom. The minimum Gasteiger partial charge on any atom is -0.383 e. The maximum absolute atomic E-state index is 12.5. The summed E-state index contributed by atoms with van der Waals surface area (Å²) in [6, 6.07) is 17.3. The molecular formula is C35H37N9O2. The normalized spacial score (nSPS) is 20.3. The Labute approximate surface area is 266 Å². The number of carbonyl (C=O) groups excluding carboxylic acids is 1. The van der Waals surface area contributed by atoms with Crippen molar-refractivity contribution < 1.29 is 9.53 Å². The summed E-state index contributed by atoms with van der Waals surface area (Å²) in [5, 5.41) is 8.74. The number of hydrogen-bond donors (Lipinski definition) is 2. The third kappa shape index (κ3) is 4.85. The average molecular weight is 616 g/mol. The van der Waals surface area contributed by atoms with Gasteiger partial charge >= 0.3 is 0 Å². The molecule has 0 unspecified atom stereocenters. The van der Waals surface area contributed by atoms with Crippen molar-refractivity contribution in [3.05, 3.63) is 77.7 Å². The number of nitrogens with two attached hydrogens (primary N) is 1. The molecule has 4 aromatic heterocycles. The zero-order valence-electron chi connectivity index (χ0n) is 25.7. The van der Waals surface area contributed by atoms with Gasteiger partial charge in [0.25, 0.3) is 0 Å². The number of rotatable bonds is 7. The van der Waals surface area contributed by atoms with Crippen LogP contribution in [-0.2, 0) is 16.0 Å². The molecule has 5 aromatic rings. The van der Waals surface area contributed by atoms with E-state index in [0.29, 0.717) is 54.7 Å². The van der Waals surface area contributed by atoms with E-state index in [1.807, 2.05) is 41.2 Å². The minimum atomic E-state index is 0.302. The number of likely N-dealkylation sites (tertiary alicyclic amines) is 1. The van der Waals surface area contributed by atoms with E-state index in [4.69, 9.17) is 25.5 Å². The lowest BCUT2D eigenvalue weighted by Gasteiger charge is -2.34. The molecule has 2 aliphatic heterocycles. The monoisotopic (exact) mass is 615 g/mol. The van der Waals surface area contributed by atoms with E-state index in [1.165, 1.54) is 11.1 Å². The average Bonchev–Trinajstić information content (AvgIpc) is 3.48. The van der Waals surface area contributed by atoms with Gasteiger partial charge < -0.3 is 20.7 Å². The molecule has 3 N–H and O–H groups in total. The standard InChI is InChI=1S/C35H37N9O2/c36-32-27(2-1-14-37-32)33-39-30-9-10-31(43-17-13-28(41-43)23-19-46-20-23)40-34(30)44(33)25-6-7-26-22(18-25)5-8-29(26)38-24-11-15-42(16-12-24)35(45)21-3-4-21/h1-2,6-7,9-10,13-14,17-18,21,23-24,29,38H,3-5,8,11-12,15-16,19-20H2,(H2,36,37)/t29-/m0/s1. The Hall–Kier alpha value is -4.61. The molecule has 11 nitrogen and oxygen atoms in total. The van der Waals surface area contributed by atoms with Gasteiger partial charge in [-0.2, -0.15) is 5.10 Å². The van der Waals surface area contributed by atoms with Gasteiger partial charge in [0.1, 0.15) is 11.3 Å². The molecule has 1 amide bonds. The Bertz CT molecular complexity index is 1950. The Morgan fingerprint density at radius 1 is 0.978 bits per heavy atom. The van der Waals surface area contributed by atoms with Crippen LogP contribution in [0.1, 0.15) is 60.9 Å². The number of ether oxygens (including phenoxy) is 1. The second-order valence-corrected chi connectivity index (χ2v) is 13.2. The fourth-order valence-corrected chi connectivity index (χ4v) is 7.25. The van der Waals surface area contributed by atoms with E-state index in [2.05, 4.69) is 38.0 Å². The summed E-state index contributed by atoms with van der Waals surface area (Å²) >= 11 is 0. The van der Waals surface area contributed by atoms with E-state index < -0.39 is 0 Å².